The lowest BCUT2D eigenvalue weighted by Gasteiger charge is -2.34. The second-order valence-corrected chi connectivity index (χ2v) is 6.78. The summed E-state index contributed by atoms with van der Waals surface area (Å²) in [5.41, 5.74) is 0.361. The highest BCUT2D eigenvalue weighted by Gasteiger charge is 2.35. The number of carbonyl (C=O) groups excluding carboxylic acids is 2. The van der Waals surface area contributed by atoms with E-state index in [1.54, 1.807) is 0 Å². The van der Waals surface area contributed by atoms with Crippen molar-refractivity contribution in [2.45, 2.75) is 58.3 Å². The van der Waals surface area contributed by atoms with Gasteiger partial charge < -0.3 is 9.47 Å². The van der Waals surface area contributed by atoms with Crippen LogP contribution < -0.4 is 0 Å². The fourth-order valence-electron chi connectivity index (χ4n) is 2.57. The average Bonchev–Trinajstić information content (AvgIpc) is 2.52. The Labute approximate surface area is 137 Å². The molecule has 1 aromatic carbocycles. The molecule has 2 rings (SSSR count). The molecule has 1 unspecified atom stereocenters. The standard InChI is InChI=1S/C18H25NO4/c1-18(2,3)23-16(20)15-11-7-8-12-19(15)17(21)22-13-14-9-5-4-6-10-14/h4-6,9-10,15H,7-8,11-13H2,1-3H3. The molecular weight excluding hydrogens is 294 g/mol. The van der Waals surface area contributed by atoms with Crippen molar-refractivity contribution in [3.05, 3.63) is 35.9 Å². The molecule has 0 saturated carbocycles. The third kappa shape index (κ3) is 5.27. The summed E-state index contributed by atoms with van der Waals surface area (Å²) in [6, 6.07) is 8.95. The first-order valence-electron chi connectivity index (χ1n) is 8.07. The van der Waals surface area contributed by atoms with E-state index in [9.17, 15) is 9.59 Å². The van der Waals surface area contributed by atoms with E-state index in [1.807, 2.05) is 51.1 Å². The summed E-state index contributed by atoms with van der Waals surface area (Å²) in [7, 11) is 0. The zero-order chi connectivity index (χ0) is 16.9. The Morgan fingerprint density at radius 2 is 1.87 bits per heavy atom. The molecule has 1 aromatic rings. The van der Waals surface area contributed by atoms with Crippen molar-refractivity contribution in [1.82, 2.24) is 4.90 Å². The molecule has 1 aliphatic heterocycles. The van der Waals surface area contributed by atoms with E-state index in [-0.39, 0.29) is 12.6 Å². The van der Waals surface area contributed by atoms with Crippen LogP contribution in [0.4, 0.5) is 4.79 Å². The molecule has 23 heavy (non-hydrogen) atoms. The Morgan fingerprint density at radius 1 is 1.17 bits per heavy atom. The van der Waals surface area contributed by atoms with Gasteiger partial charge in [-0.15, -0.1) is 0 Å². The Balaban J connectivity index is 1.97. The van der Waals surface area contributed by atoms with E-state index in [2.05, 4.69) is 0 Å². The zero-order valence-corrected chi connectivity index (χ0v) is 14.1. The van der Waals surface area contributed by atoms with Gasteiger partial charge in [-0.25, -0.2) is 9.59 Å². The molecule has 1 heterocycles. The number of ether oxygens (including phenoxy) is 2. The van der Waals surface area contributed by atoms with Gasteiger partial charge in [0.1, 0.15) is 18.2 Å². The predicted octanol–water partition coefficient (Wildman–Crippen LogP) is 3.52. The fourth-order valence-corrected chi connectivity index (χ4v) is 2.57. The maximum Gasteiger partial charge on any atom is 0.410 e. The highest BCUT2D eigenvalue weighted by Crippen LogP contribution is 2.22. The highest BCUT2D eigenvalue weighted by molar-refractivity contribution is 5.82. The third-order valence-corrected chi connectivity index (χ3v) is 3.62. The number of amides is 1. The van der Waals surface area contributed by atoms with E-state index in [0.29, 0.717) is 13.0 Å². The second kappa shape index (κ2) is 7.49. The minimum atomic E-state index is -0.561. The highest BCUT2D eigenvalue weighted by atomic mass is 16.6. The molecule has 0 aliphatic carbocycles. The molecule has 0 spiro atoms. The number of piperidine rings is 1. The van der Waals surface area contributed by atoms with Gasteiger partial charge in [0.25, 0.3) is 0 Å². The molecule has 5 nitrogen and oxygen atoms in total. The molecule has 0 N–H and O–H groups in total. The second-order valence-electron chi connectivity index (χ2n) is 6.78. The van der Waals surface area contributed by atoms with Crippen molar-refractivity contribution in [1.29, 1.82) is 0 Å². The van der Waals surface area contributed by atoms with Crippen molar-refractivity contribution in [2.24, 2.45) is 0 Å². The van der Waals surface area contributed by atoms with Crippen LogP contribution in [0.5, 0.6) is 0 Å². The maximum absolute atomic E-state index is 12.3. The van der Waals surface area contributed by atoms with Crippen LogP contribution in [0.25, 0.3) is 0 Å². The molecular formula is C18H25NO4. The van der Waals surface area contributed by atoms with Gasteiger partial charge in [0.15, 0.2) is 0 Å². The molecule has 1 fully saturated rings. The number of hydrogen-bond acceptors (Lipinski definition) is 4. The Morgan fingerprint density at radius 3 is 2.52 bits per heavy atom. The molecule has 1 aliphatic rings. The largest absolute Gasteiger partial charge is 0.458 e. The first kappa shape index (κ1) is 17.3. The molecule has 126 valence electrons. The van der Waals surface area contributed by atoms with Crippen molar-refractivity contribution in [2.75, 3.05) is 6.54 Å². The quantitative estimate of drug-likeness (QED) is 0.800. The summed E-state index contributed by atoms with van der Waals surface area (Å²) >= 11 is 0. The van der Waals surface area contributed by atoms with E-state index >= 15 is 0 Å². The zero-order valence-electron chi connectivity index (χ0n) is 14.1. The van der Waals surface area contributed by atoms with Gasteiger partial charge in [0, 0.05) is 6.54 Å². The maximum atomic E-state index is 12.3. The van der Waals surface area contributed by atoms with Gasteiger partial charge in [-0.3, -0.25) is 4.90 Å². The minimum absolute atomic E-state index is 0.206. The Hall–Kier alpha value is -2.04. The van der Waals surface area contributed by atoms with Crippen LogP contribution in [0.2, 0.25) is 0 Å². The van der Waals surface area contributed by atoms with Gasteiger partial charge in [-0.2, -0.15) is 0 Å². The summed E-state index contributed by atoms with van der Waals surface area (Å²) < 4.78 is 10.8. The van der Waals surface area contributed by atoms with Crippen molar-refractivity contribution in [3.8, 4) is 0 Å². The van der Waals surface area contributed by atoms with Gasteiger partial charge in [0.2, 0.25) is 0 Å². The van der Waals surface area contributed by atoms with Crippen LogP contribution in [-0.2, 0) is 20.9 Å². The van der Waals surface area contributed by atoms with Gasteiger partial charge in [0.05, 0.1) is 0 Å². The van der Waals surface area contributed by atoms with Crippen molar-refractivity contribution in [3.63, 3.8) is 0 Å². The molecule has 1 amide bonds. The van der Waals surface area contributed by atoms with Gasteiger partial charge >= 0.3 is 12.1 Å². The van der Waals surface area contributed by atoms with E-state index in [4.69, 9.17) is 9.47 Å². The number of carbonyl (C=O) groups is 2. The fraction of sp³-hybridized carbons (Fsp3) is 0.556. The Kier molecular flexibility index (Phi) is 5.64. The summed E-state index contributed by atoms with van der Waals surface area (Å²) in [4.78, 5) is 26.2. The van der Waals surface area contributed by atoms with Crippen LogP contribution >= 0.6 is 0 Å². The first-order valence-corrected chi connectivity index (χ1v) is 8.07. The predicted molar refractivity (Wildman–Crippen MR) is 86.8 cm³/mol. The van der Waals surface area contributed by atoms with Crippen LogP contribution in [0.3, 0.4) is 0 Å². The van der Waals surface area contributed by atoms with E-state index in [0.717, 1.165) is 18.4 Å². The van der Waals surface area contributed by atoms with E-state index in [1.165, 1.54) is 4.90 Å². The first-order chi connectivity index (χ1) is 10.9. The number of benzene rings is 1. The van der Waals surface area contributed by atoms with Gasteiger partial charge in [-0.1, -0.05) is 30.3 Å². The van der Waals surface area contributed by atoms with E-state index < -0.39 is 17.7 Å². The molecule has 0 radical (unpaired) electrons. The minimum Gasteiger partial charge on any atom is -0.458 e. The lowest BCUT2D eigenvalue weighted by molar-refractivity contribution is -0.162. The van der Waals surface area contributed by atoms with Crippen LogP contribution in [-0.4, -0.2) is 35.2 Å². The number of rotatable bonds is 3. The van der Waals surface area contributed by atoms with Crippen molar-refractivity contribution < 1.29 is 19.1 Å². The van der Waals surface area contributed by atoms with Crippen LogP contribution in [0, 0.1) is 0 Å². The average molecular weight is 319 g/mol. The number of hydrogen-bond donors (Lipinski definition) is 0. The SMILES string of the molecule is CC(C)(C)OC(=O)C1CCCCN1C(=O)OCc1ccccc1. The molecule has 1 saturated heterocycles. The lowest BCUT2D eigenvalue weighted by atomic mass is 10.0. The summed E-state index contributed by atoms with van der Waals surface area (Å²) in [6.45, 7) is 6.21. The van der Waals surface area contributed by atoms with Gasteiger partial charge in [-0.05, 0) is 45.6 Å². The van der Waals surface area contributed by atoms with Crippen molar-refractivity contribution >= 4 is 12.1 Å². The summed E-state index contributed by atoms with van der Waals surface area (Å²) in [6.07, 6.45) is 1.95. The summed E-state index contributed by atoms with van der Waals surface area (Å²) in [5, 5.41) is 0. The normalized spacial score (nSPS) is 18.4. The smallest absolute Gasteiger partial charge is 0.410 e. The number of nitrogens with zero attached hydrogens (tertiary/aromatic N) is 1. The lowest BCUT2D eigenvalue weighted by Crippen LogP contribution is -2.50. The number of likely N-dealkylation sites (tertiary alicyclic amines) is 1. The van der Waals surface area contributed by atoms with Crippen LogP contribution in [0.1, 0.15) is 45.6 Å². The molecule has 0 bridgehead atoms. The summed E-state index contributed by atoms with van der Waals surface area (Å²) in [5.74, 6) is -0.353. The third-order valence-electron chi connectivity index (χ3n) is 3.62. The monoisotopic (exact) mass is 319 g/mol. The molecule has 1 atom stereocenters. The number of esters is 1. The van der Waals surface area contributed by atoms with Crippen LogP contribution in [0.15, 0.2) is 30.3 Å². The molecule has 0 aromatic heterocycles. The Bertz CT molecular complexity index is 536. The molecule has 5 heteroatoms. The topological polar surface area (TPSA) is 55.8 Å².